The van der Waals surface area contributed by atoms with Gasteiger partial charge in [-0.05, 0) is 44.5 Å². The van der Waals surface area contributed by atoms with Crippen molar-refractivity contribution in [2.45, 2.75) is 31.9 Å². The molecule has 0 aromatic heterocycles. The van der Waals surface area contributed by atoms with Crippen molar-refractivity contribution in [2.24, 2.45) is 5.73 Å². The van der Waals surface area contributed by atoms with Crippen molar-refractivity contribution in [1.82, 2.24) is 4.90 Å². The lowest BCUT2D eigenvalue weighted by Gasteiger charge is -2.29. The summed E-state index contributed by atoms with van der Waals surface area (Å²) in [5.74, 6) is 1.59. The van der Waals surface area contributed by atoms with Gasteiger partial charge in [0, 0.05) is 19.1 Å². The molecule has 4 heteroatoms. The van der Waals surface area contributed by atoms with Crippen molar-refractivity contribution < 1.29 is 9.47 Å². The summed E-state index contributed by atoms with van der Waals surface area (Å²) >= 11 is 0. The molecule has 1 unspecified atom stereocenters. The lowest BCUT2D eigenvalue weighted by Crippen LogP contribution is -2.35. The van der Waals surface area contributed by atoms with Crippen molar-refractivity contribution in [2.75, 3.05) is 27.2 Å². The Balaban J connectivity index is 2.11. The van der Waals surface area contributed by atoms with Gasteiger partial charge in [0.1, 0.15) is 6.10 Å². The van der Waals surface area contributed by atoms with E-state index in [0.29, 0.717) is 0 Å². The van der Waals surface area contributed by atoms with Gasteiger partial charge in [-0.1, -0.05) is 6.07 Å². The van der Waals surface area contributed by atoms with Crippen molar-refractivity contribution in [3.05, 3.63) is 23.8 Å². The fourth-order valence-corrected chi connectivity index (χ4v) is 2.35. The molecule has 1 aromatic rings. The number of ether oxygens (including phenoxy) is 2. The molecule has 0 bridgehead atoms. The van der Waals surface area contributed by atoms with E-state index in [4.69, 9.17) is 15.2 Å². The maximum Gasteiger partial charge on any atom is 0.161 e. The smallest absolute Gasteiger partial charge is 0.161 e. The molecular formula is C15H24N2O2. The number of nitrogens with two attached hydrogens (primary N) is 1. The Morgan fingerprint density at radius 3 is 2.53 bits per heavy atom. The fourth-order valence-electron chi connectivity index (χ4n) is 2.35. The second kappa shape index (κ2) is 6.26. The quantitative estimate of drug-likeness (QED) is 0.905. The van der Waals surface area contributed by atoms with Crippen LogP contribution in [0.4, 0.5) is 0 Å². The van der Waals surface area contributed by atoms with Crippen molar-refractivity contribution >= 4 is 0 Å². The molecule has 0 spiro atoms. The maximum absolute atomic E-state index is 6.11. The summed E-state index contributed by atoms with van der Waals surface area (Å²) in [6.45, 7) is 4.14. The van der Waals surface area contributed by atoms with Gasteiger partial charge in [0.05, 0.1) is 7.11 Å². The van der Waals surface area contributed by atoms with Crippen LogP contribution in [0.2, 0.25) is 0 Å². The lowest BCUT2D eigenvalue weighted by atomic mass is 10.1. The largest absolute Gasteiger partial charge is 0.493 e. The molecule has 0 amide bonds. The van der Waals surface area contributed by atoms with Gasteiger partial charge in [-0.3, -0.25) is 0 Å². The normalized spacial score (nSPS) is 19.2. The van der Waals surface area contributed by atoms with Crippen LogP contribution in [-0.2, 0) is 0 Å². The molecule has 19 heavy (non-hydrogen) atoms. The van der Waals surface area contributed by atoms with Gasteiger partial charge in [0.25, 0.3) is 0 Å². The number of hydrogen-bond acceptors (Lipinski definition) is 4. The van der Waals surface area contributed by atoms with Crippen LogP contribution in [0.5, 0.6) is 11.5 Å². The van der Waals surface area contributed by atoms with Gasteiger partial charge in [0.15, 0.2) is 11.5 Å². The Morgan fingerprint density at radius 2 is 1.95 bits per heavy atom. The number of rotatable bonds is 4. The zero-order chi connectivity index (χ0) is 13.8. The van der Waals surface area contributed by atoms with Crippen LogP contribution in [0.3, 0.4) is 0 Å². The molecule has 1 aliphatic heterocycles. The van der Waals surface area contributed by atoms with Crippen molar-refractivity contribution in [3.8, 4) is 11.5 Å². The molecule has 1 fully saturated rings. The second-order valence-electron chi connectivity index (χ2n) is 5.32. The Hall–Kier alpha value is -1.26. The van der Waals surface area contributed by atoms with Crippen LogP contribution in [0.1, 0.15) is 31.4 Å². The van der Waals surface area contributed by atoms with E-state index in [-0.39, 0.29) is 12.1 Å². The SMILES string of the molecule is COc1ccc(C(C)N)cc1OC1CCN(C)CC1. The molecule has 0 radical (unpaired) electrons. The van der Waals surface area contributed by atoms with E-state index in [1.165, 1.54) is 0 Å². The minimum Gasteiger partial charge on any atom is -0.493 e. The molecule has 1 aromatic carbocycles. The first kappa shape index (κ1) is 14.2. The summed E-state index contributed by atoms with van der Waals surface area (Å²) in [6.07, 6.45) is 2.39. The van der Waals surface area contributed by atoms with E-state index < -0.39 is 0 Å². The monoisotopic (exact) mass is 264 g/mol. The van der Waals surface area contributed by atoms with E-state index in [9.17, 15) is 0 Å². The number of hydrogen-bond donors (Lipinski definition) is 1. The predicted molar refractivity (Wildman–Crippen MR) is 76.7 cm³/mol. The highest BCUT2D eigenvalue weighted by Crippen LogP contribution is 2.32. The van der Waals surface area contributed by atoms with Crippen LogP contribution in [-0.4, -0.2) is 38.3 Å². The van der Waals surface area contributed by atoms with Crippen LogP contribution >= 0.6 is 0 Å². The van der Waals surface area contributed by atoms with Crippen LogP contribution < -0.4 is 15.2 Å². The summed E-state index contributed by atoms with van der Waals surface area (Å²) in [5, 5.41) is 0. The minimum atomic E-state index is 0.00532. The number of piperidine rings is 1. The first-order valence-electron chi connectivity index (χ1n) is 6.89. The van der Waals surface area contributed by atoms with Crippen LogP contribution in [0.25, 0.3) is 0 Å². The molecular weight excluding hydrogens is 240 g/mol. The van der Waals surface area contributed by atoms with Gasteiger partial charge >= 0.3 is 0 Å². The van der Waals surface area contributed by atoms with Crippen molar-refractivity contribution in [1.29, 1.82) is 0 Å². The third kappa shape index (κ3) is 3.61. The first-order chi connectivity index (χ1) is 9.10. The third-order valence-corrected chi connectivity index (χ3v) is 3.67. The van der Waals surface area contributed by atoms with E-state index in [2.05, 4.69) is 11.9 Å². The molecule has 2 N–H and O–H groups in total. The number of benzene rings is 1. The molecule has 1 atom stereocenters. The molecule has 106 valence electrons. The molecule has 1 saturated heterocycles. The minimum absolute atomic E-state index is 0.00532. The van der Waals surface area contributed by atoms with Gasteiger partial charge in [-0.15, -0.1) is 0 Å². The highest BCUT2D eigenvalue weighted by Gasteiger charge is 2.20. The van der Waals surface area contributed by atoms with Crippen LogP contribution in [0, 0.1) is 0 Å². The average molecular weight is 264 g/mol. The molecule has 2 rings (SSSR count). The number of likely N-dealkylation sites (tertiary alicyclic amines) is 1. The Morgan fingerprint density at radius 1 is 1.26 bits per heavy atom. The molecule has 0 saturated carbocycles. The Bertz CT molecular complexity index is 413. The molecule has 1 aliphatic rings. The molecule has 0 aliphatic carbocycles. The Kier molecular flexibility index (Phi) is 4.66. The van der Waals surface area contributed by atoms with Crippen molar-refractivity contribution in [3.63, 3.8) is 0 Å². The summed E-state index contributed by atoms with van der Waals surface area (Å²) in [6, 6.07) is 5.93. The maximum atomic E-state index is 6.11. The van der Waals surface area contributed by atoms with E-state index in [0.717, 1.165) is 43.0 Å². The fraction of sp³-hybridized carbons (Fsp3) is 0.600. The Labute approximate surface area is 115 Å². The number of methoxy groups -OCH3 is 1. The summed E-state index contributed by atoms with van der Waals surface area (Å²) in [4.78, 5) is 2.33. The average Bonchev–Trinajstić information content (AvgIpc) is 2.41. The van der Waals surface area contributed by atoms with Gasteiger partial charge in [-0.2, -0.15) is 0 Å². The zero-order valence-electron chi connectivity index (χ0n) is 12.1. The highest BCUT2D eigenvalue weighted by atomic mass is 16.5. The van der Waals surface area contributed by atoms with Gasteiger partial charge in [0.2, 0.25) is 0 Å². The molecule has 4 nitrogen and oxygen atoms in total. The van der Waals surface area contributed by atoms with Gasteiger partial charge < -0.3 is 20.1 Å². The van der Waals surface area contributed by atoms with E-state index in [1.807, 2.05) is 25.1 Å². The lowest BCUT2D eigenvalue weighted by molar-refractivity contribution is 0.111. The first-order valence-corrected chi connectivity index (χ1v) is 6.89. The zero-order valence-corrected chi connectivity index (χ0v) is 12.1. The predicted octanol–water partition coefficient (Wildman–Crippen LogP) is 2.19. The standard InChI is InChI=1S/C15H24N2O2/c1-11(16)12-4-5-14(18-3)15(10-12)19-13-6-8-17(2)9-7-13/h4-5,10-11,13H,6-9,16H2,1-3H3. The number of nitrogens with zero attached hydrogens (tertiary/aromatic N) is 1. The summed E-state index contributed by atoms with van der Waals surface area (Å²) < 4.78 is 11.5. The molecule has 1 heterocycles. The van der Waals surface area contributed by atoms with E-state index in [1.54, 1.807) is 7.11 Å². The second-order valence-corrected chi connectivity index (χ2v) is 5.32. The topological polar surface area (TPSA) is 47.7 Å². The van der Waals surface area contributed by atoms with Gasteiger partial charge in [-0.25, -0.2) is 0 Å². The third-order valence-electron chi connectivity index (χ3n) is 3.67. The summed E-state index contributed by atoms with van der Waals surface area (Å²) in [5.41, 5.74) is 7.00. The van der Waals surface area contributed by atoms with Crippen LogP contribution in [0.15, 0.2) is 18.2 Å². The van der Waals surface area contributed by atoms with E-state index >= 15 is 0 Å². The highest BCUT2D eigenvalue weighted by molar-refractivity contribution is 5.43. The summed E-state index contributed by atoms with van der Waals surface area (Å²) in [7, 11) is 3.82.